The van der Waals surface area contributed by atoms with Crippen molar-refractivity contribution in [2.45, 2.75) is 13.8 Å². The topological polar surface area (TPSA) is 30.7 Å². The molecule has 3 nitrogen and oxygen atoms in total. The van der Waals surface area contributed by atoms with Crippen molar-refractivity contribution in [3.63, 3.8) is 0 Å². The molecule has 0 fully saturated rings. The van der Waals surface area contributed by atoms with E-state index in [0.29, 0.717) is 0 Å². The monoisotopic (exact) mass is 279 g/mol. The Morgan fingerprint density at radius 2 is 2.05 bits per heavy atom. The SMILES string of the molecule is Cc1ccc2c(cnc3c2nc(C)n3-c2ccsc2)c1. The molecule has 0 unspecified atom stereocenters. The quantitative estimate of drug-likeness (QED) is 0.521. The highest BCUT2D eigenvalue weighted by atomic mass is 32.1. The number of pyridine rings is 1. The summed E-state index contributed by atoms with van der Waals surface area (Å²) in [6.07, 6.45) is 1.94. The van der Waals surface area contributed by atoms with E-state index in [9.17, 15) is 0 Å². The molecule has 0 aliphatic rings. The molecular weight excluding hydrogens is 266 g/mol. The van der Waals surface area contributed by atoms with Crippen LogP contribution in [0.5, 0.6) is 0 Å². The summed E-state index contributed by atoms with van der Waals surface area (Å²) in [5.41, 5.74) is 4.28. The summed E-state index contributed by atoms with van der Waals surface area (Å²) in [6, 6.07) is 8.51. The van der Waals surface area contributed by atoms with Gasteiger partial charge in [0, 0.05) is 22.3 Å². The number of thiophene rings is 1. The highest BCUT2D eigenvalue weighted by Gasteiger charge is 2.13. The lowest BCUT2D eigenvalue weighted by Gasteiger charge is -2.03. The van der Waals surface area contributed by atoms with E-state index in [-0.39, 0.29) is 0 Å². The first-order chi connectivity index (χ1) is 9.74. The van der Waals surface area contributed by atoms with Crippen LogP contribution in [0.4, 0.5) is 0 Å². The van der Waals surface area contributed by atoms with E-state index in [1.54, 1.807) is 11.3 Å². The molecule has 4 rings (SSSR count). The Bertz CT molecular complexity index is 920. The van der Waals surface area contributed by atoms with Crippen LogP contribution in [0.3, 0.4) is 0 Å². The van der Waals surface area contributed by atoms with E-state index in [4.69, 9.17) is 4.98 Å². The van der Waals surface area contributed by atoms with E-state index < -0.39 is 0 Å². The molecule has 0 amide bonds. The number of aromatic nitrogens is 3. The normalized spacial score (nSPS) is 11.5. The second-order valence-corrected chi connectivity index (χ2v) is 5.78. The third kappa shape index (κ3) is 1.58. The van der Waals surface area contributed by atoms with Crippen molar-refractivity contribution in [2.75, 3.05) is 0 Å². The third-order valence-electron chi connectivity index (χ3n) is 3.57. The molecule has 1 aromatic carbocycles. The summed E-state index contributed by atoms with van der Waals surface area (Å²) in [5, 5.41) is 6.50. The molecule has 0 saturated carbocycles. The Balaban J connectivity index is 2.13. The number of aryl methyl sites for hydroxylation is 2. The van der Waals surface area contributed by atoms with Gasteiger partial charge in [-0.25, -0.2) is 9.97 Å². The lowest BCUT2D eigenvalue weighted by Crippen LogP contribution is -1.95. The van der Waals surface area contributed by atoms with E-state index in [0.717, 1.165) is 33.4 Å². The Morgan fingerprint density at radius 3 is 2.85 bits per heavy atom. The van der Waals surface area contributed by atoms with Crippen LogP contribution in [0.15, 0.2) is 41.2 Å². The lowest BCUT2D eigenvalue weighted by atomic mass is 10.1. The fourth-order valence-electron chi connectivity index (χ4n) is 2.65. The Hall–Kier alpha value is -2.20. The van der Waals surface area contributed by atoms with Crippen molar-refractivity contribution in [1.82, 2.24) is 14.5 Å². The summed E-state index contributed by atoms with van der Waals surface area (Å²) in [6.45, 7) is 4.12. The second-order valence-electron chi connectivity index (χ2n) is 5.00. The molecule has 0 radical (unpaired) electrons. The number of nitrogens with zero attached hydrogens (tertiary/aromatic N) is 3. The zero-order valence-corrected chi connectivity index (χ0v) is 12.1. The minimum atomic E-state index is 0.928. The fraction of sp³-hybridized carbons (Fsp3) is 0.125. The molecule has 0 N–H and O–H groups in total. The fourth-order valence-corrected chi connectivity index (χ4v) is 3.27. The van der Waals surface area contributed by atoms with E-state index >= 15 is 0 Å². The van der Waals surface area contributed by atoms with Gasteiger partial charge in [-0.1, -0.05) is 17.7 Å². The maximum absolute atomic E-state index is 4.73. The standard InChI is InChI=1S/C16H13N3S/c1-10-3-4-14-12(7-10)8-17-16-15(14)18-11(2)19(16)13-5-6-20-9-13/h3-9H,1-2H3. The summed E-state index contributed by atoms with van der Waals surface area (Å²) < 4.78 is 2.12. The first-order valence-corrected chi connectivity index (χ1v) is 7.45. The van der Waals surface area contributed by atoms with Gasteiger partial charge in [0.2, 0.25) is 0 Å². The van der Waals surface area contributed by atoms with Crippen molar-refractivity contribution < 1.29 is 0 Å². The third-order valence-corrected chi connectivity index (χ3v) is 4.24. The number of benzene rings is 1. The van der Waals surface area contributed by atoms with Gasteiger partial charge in [-0.2, -0.15) is 11.3 Å². The van der Waals surface area contributed by atoms with Gasteiger partial charge >= 0.3 is 0 Å². The van der Waals surface area contributed by atoms with Gasteiger partial charge in [-0.3, -0.25) is 4.57 Å². The van der Waals surface area contributed by atoms with Crippen LogP contribution in [0.1, 0.15) is 11.4 Å². The molecule has 0 bridgehead atoms. The number of hydrogen-bond donors (Lipinski definition) is 0. The van der Waals surface area contributed by atoms with Crippen LogP contribution in [0, 0.1) is 13.8 Å². The van der Waals surface area contributed by atoms with Gasteiger partial charge in [0.15, 0.2) is 5.65 Å². The largest absolute Gasteiger partial charge is 0.280 e. The molecule has 0 saturated heterocycles. The highest BCUT2D eigenvalue weighted by Crippen LogP contribution is 2.27. The Labute approximate surface area is 120 Å². The van der Waals surface area contributed by atoms with Crippen LogP contribution in [-0.2, 0) is 0 Å². The molecule has 20 heavy (non-hydrogen) atoms. The minimum absolute atomic E-state index is 0.928. The highest BCUT2D eigenvalue weighted by molar-refractivity contribution is 7.08. The van der Waals surface area contributed by atoms with Crippen molar-refractivity contribution in [3.05, 3.63) is 52.6 Å². The van der Waals surface area contributed by atoms with Gasteiger partial charge in [0.1, 0.15) is 11.3 Å². The van der Waals surface area contributed by atoms with Gasteiger partial charge in [-0.15, -0.1) is 0 Å². The zero-order chi connectivity index (χ0) is 13.7. The smallest absolute Gasteiger partial charge is 0.165 e. The molecular formula is C16H13N3S. The Kier molecular flexibility index (Phi) is 2.41. The maximum atomic E-state index is 4.73. The molecule has 0 spiro atoms. The zero-order valence-electron chi connectivity index (χ0n) is 11.3. The van der Waals surface area contributed by atoms with Crippen molar-refractivity contribution in [3.8, 4) is 5.69 Å². The molecule has 3 aromatic heterocycles. The van der Waals surface area contributed by atoms with Crippen molar-refractivity contribution in [1.29, 1.82) is 0 Å². The van der Waals surface area contributed by atoms with E-state index in [1.165, 1.54) is 5.56 Å². The number of hydrogen-bond acceptors (Lipinski definition) is 3. The summed E-state index contributed by atoms with van der Waals surface area (Å²) in [5.74, 6) is 0.971. The number of rotatable bonds is 1. The summed E-state index contributed by atoms with van der Waals surface area (Å²) in [4.78, 5) is 9.36. The average molecular weight is 279 g/mol. The number of imidazole rings is 1. The van der Waals surface area contributed by atoms with Crippen LogP contribution in [0.25, 0.3) is 27.6 Å². The van der Waals surface area contributed by atoms with Crippen LogP contribution in [0.2, 0.25) is 0 Å². The summed E-state index contributed by atoms with van der Waals surface area (Å²) in [7, 11) is 0. The van der Waals surface area contributed by atoms with Gasteiger partial charge < -0.3 is 0 Å². The average Bonchev–Trinajstić information content (AvgIpc) is 3.04. The first-order valence-electron chi connectivity index (χ1n) is 6.51. The van der Waals surface area contributed by atoms with E-state index in [1.807, 2.05) is 13.1 Å². The molecule has 0 aliphatic heterocycles. The van der Waals surface area contributed by atoms with E-state index in [2.05, 4.69) is 51.5 Å². The van der Waals surface area contributed by atoms with Gasteiger partial charge in [-0.05, 0) is 31.4 Å². The molecule has 98 valence electrons. The molecule has 3 heterocycles. The number of fused-ring (bicyclic) bond motifs is 3. The van der Waals surface area contributed by atoms with Gasteiger partial charge in [0.25, 0.3) is 0 Å². The van der Waals surface area contributed by atoms with Crippen molar-refractivity contribution in [2.24, 2.45) is 0 Å². The van der Waals surface area contributed by atoms with Crippen LogP contribution >= 0.6 is 11.3 Å². The molecule has 4 aromatic rings. The Morgan fingerprint density at radius 1 is 1.15 bits per heavy atom. The van der Waals surface area contributed by atoms with Crippen LogP contribution in [-0.4, -0.2) is 14.5 Å². The molecule has 4 heteroatoms. The lowest BCUT2D eigenvalue weighted by molar-refractivity contribution is 0.993. The molecule has 0 atom stereocenters. The minimum Gasteiger partial charge on any atom is -0.280 e. The summed E-state index contributed by atoms with van der Waals surface area (Å²) >= 11 is 1.68. The van der Waals surface area contributed by atoms with Gasteiger partial charge in [0.05, 0.1) is 5.69 Å². The molecule has 0 aliphatic carbocycles. The predicted molar refractivity (Wildman–Crippen MR) is 83.7 cm³/mol. The predicted octanol–water partition coefficient (Wildman–Crippen LogP) is 4.25. The van der Waals surface area contributed by atoms with Crippen molar-refractivity contribution >= 4 is 33.3 Å². The van der Waals surface area contributed by atoms with Crippen LogP contribution < -0.4 is 0 Å². The first kappa shape index (κ1) is 11.6. The second kappa shape index (κ2) is 4.15. The maximum Gasteiger partial charge on any atom is 0.165 e.